The van der Waals surface area contributed by atoms with E-state index >= 15 is 0 Å². The van der Waals surface area contributed by atoms with Crippen LogP contribution >= 0.6 is 7.51 Å². The summed E-state index contributed by atoms with van der Waals surface area (Å²) in [4.78, 5) is 0. The lowest BCUT2D eigenvalue weighted by Gasteiger charge is -2.43. The summed E-state index contributed by atoms with van der Waals surface area (Å²) in [5.41, 5.74) is 0. The quantitative estimate of drug-likeness (QED) is 0.610. The molecule has 2 aliphatic rings. The molecule has 16 heavy (non-hydrogen) atoms. The van der Waals surface area contributed by atoms with E-state index in [1.54, 1.807) is 0 Å². The first-order valence-corrected chi connectivity index (χ1v) is 8.01. The van der Waals surface area contributed by atoms with Gasteiger partial charge >= 0.3 is 0 Å². The summed E-state index contributed by atoms with van der Waals surface area (Å²) >= 11 is 0. The zero-order valence-corrected chi connectivity index (χ0v) is 11.8. The van der Waals surface area contributed by atoms with Gasteiger partial charge in [0.05, 0.1) is 0 Å². The minimum absolute atomic E-state index is 1.05. The predicted molar refractivity (Wildman–Crippen MR) is 70.6 cm³/mol. The third-order valence-corrected chi connectivity index (χ3v) is 7.70. The Morgan fingerprint density at radius 3 is 1.69 bits per heavy atom. The summed E-state index contributed by atoms with van der Waals surface area (Å²) in [6.45, 7) is 4.65. The molecule has 1 spiro atoms. The molecule has 0 unspecified atom stereocenters. The smallest absolute Gasteiger partial charge is 0.167 e. The van der Waals surface area contributed by atoms with Gasteiger partial charge in [0.25, 0.3) is 0 Å². The minimum atomic E-state index is -1.52. The van der Waals surface area contributed by atoms with Crippen molar-refractivity contribution in [3.05, 3.63) is 0 Å². The zero-order valence-electron chi connectivity index (χ0n) is 10.9. The van der Waals surface area contributed by atoms with Gasteiger partial charge in [-0.3, -0.25) is 4.74 Å². The van der Waals surface area contributed by atoms with Crippen molar-refractivity contribution in [2.24, 2.45) is 4.74 Å². The second-order valence-corrected chi connectivity index (χ2v) is 8.36. The predicted octanol–water partition coefficient (Wildman–Crippen LogP) is 2.32. The molecule has 0 bridgehead atoms. The van der Waals surface area contributed by atoms with Crippen LogP contribution in [0, 0.1) is 0 Å². The molecule has 0 saturated carbocycles. The van der Waals surface area contributed by atoms with E-state index in [0.29, 0.717) is 0 Å². The molecule has 2 rings (SSSR count). The SMILES string of the molecule is CN1CCCCN=P12N(C)CCCCN2C. The van der Waals surface area contributed by atoms with Gasteiger partial charge in [-0.05, 0) is 46.8 Å². The molecule has 2 aliphatic heterocycles. The third-order valence-electron chi connectivity index (χ3n) is 3.77. The maximum Gasteiger partial charge on any atom is 0.167 e. The zero-order chi connectivity index (χ0) is 11.6. The second-order valence-electron chi connectivity index (χ2n) is 4.96. The first-order chi connectivity index (χ1) is 7.68. The van der Waals surface area contributed by atoms with Crippen molar-refractivity contribution in [1.82, 2.24) is 14.0 Å². The Labute approximate surface area is 99.8 Å². The number of rotatable bonds is 0. The van der Waals surface area contributed by atoms with E-state index in [0.717, 1.165) is 6.54 Å². The molecule has 1 fully saturated rings. The van der Waals surface area contributed by atoms with Crippen molar-refractivity contribution in [2.75, 3.05) is 47.3 Å². The maximum atomic E-state index is 5.11. The first kappa shape index (κ1) is 12.6. The Morgan fingerprint density at radius 1 is 0.750 bits per heavy atom. The summed E-state index contributed by atoms with van der Waals surface area (Å²) in [6, 6.07) is 0. The molecule has 0 aromatic carbocycles. The summed E-state index contributed by atoms with van der Waals surface area (Å²) in [5, 5.41) is 0. The van der Waals surface area contributed by atoms with Gasteiger partial charge in [0, 0.05) is 26.2 Å². The second kappa shape index (κ2) is 5.18. The van der Waals surface area contributed by atoms with Crippen LogP contribution in [-0.2, 0) is 0 Å². The Kier molecular flexibility index (Phi) is 4.06. The van der Waals surface area contributed by atoms with Gasteiger partial charge in [-0.1, -0.05) is 0 Å². The normalized spacial score (nSPS) is 29.7. The summed E-state index contributed by atoms with van der Waals surface area (Å²) in [5.74, 6) is 0. The molecule has 94 valence electrons. The summed E-state index contributed by atoms with van der Waals surface area (Å²) < 4.78 is 12.7. The van der Waals surface area contributed by atoms with E-state index in [1.165, 1.54) is 45.3 Å². The molecule has 0 atom stereocenters. The molecule has 5 heteroatoms. The average molecular weight is 244 g/mol. The van der Waals surface area contributed by atoms with Crippen LogP contribution in [0.4, 0.5) is 0 Å². The van der Waals surface area contributed by atoms with E-state index in [1.807, 2.05) is 0 Å². The van der Waals surface area contributed by atoms with Gasteiger partial charge in [-0.15, -0.1) is 0 Å². The fourth-order valence-corrected chi connectivity index (χ4v) is 6.70. The monoisotopic (exact) mass is 244 g/mol. The van der Waals surface area contributed by atoms with Crippen LogP contribution in [0.3, 0.4) is 0 Å². The van der Waals surface area contributed by atoms with E-state index < -0.39 is 7.51 Å². The maximum absolute atomic E-state index is 5.11. The van der Waals surface area contributed by atoms with Crippen molar-refractivity contribution in [1.29, 1.82) is 0 Å². The molecular formula is C11H25N4P. The molecule has 1 saturated heterocycles. The number of nitrogens with zero attached hydrogens (tertiary/aromatic N) is 4. The van der Waals surface area contributed by atoms with Crippen molar-refractivity contribution < 1.29 is 0 Å². The van der Waals surface area contributed by atoms with Gasteiger partial charge in [0.1, 0.15) is 0 Å². The molecule has 0 N–H and O–H groups in total. The summed E-state index contributed by atoms with van der Waals surface area (Å²) in [7, 11) is 5.28. The first-order valence-electron chi connectivity index (χ1n) is 6.41. The summed E-state index contributed by atoms with van der Waals surface area (Å²) in [6.07, 6.45) is 5.18. The Hall–Kier alpha value is 0.110. The van der Waals surface area contributed by atoms with E-state index in [9.17, 15) is 0 Å². The lowest BCUT2D eigenvalue weighted by Crippen LogP contribution is -2.35. The number of hydrogen-bond donors (Lipinski definition) is 0. The average Bonchev–Trinajstić information content (AvgIpc) is 2.53. The molecule has 0 radical (unpaired) electrons. The van der Waals surface area contributed by atoms with Crippen LogP contribution < -0.4 is 0 Å². The Balaban J connectivity index is 2.38. The van der Waals surface area contributed by atoms with Crippen LogP contribution in [-0.4, -0.2) is 61.3 Å². The largest absolute Gasteiger partial charge is 0.261 e. The fraction of sp³-hybridized carbons (Fsp3) is 1.00. The lowest BCUT2D eigenvalue weighted by atomic mass is 10.3. The van der Waals surface area contributed by atoms with Gasteiger partial charge in [0.15, 0.2) is 7.51 Å². The minimum Gasteiger partial charge on any atom is -0.261 e. The highest BCUT2D eigenvalue weighted by Crippen LogP contribution is 2.59. The molecule has 0 aromatic rings. The molecule has 0 aliphatic carbocycles. The highest BCUT2D eigenvalue weighted by Gasteiger charge is 2.36. The Morgan fingerprint density at radius 2 is 1.19 bits per heavy atom. The third kappa shape index (κ3) is 2.08. The van der Waals surface area contributed by atoms with Gasteiger partial charge in [0.2, 0.25) is 0 Å². The highest BCUT2D eigenvalue weighted by molar-refractivity contribution is 7.59. The van der Waals surface area contributed by atoms with Crippen molar-refractivity contribution in [3.8, 4) is 0 Å². The van der Waals surface area contributed by atoms with Crippen molar-refractivity contribution in [2.45, 2.75) is 25.7 Å². The topological polar surface area (TPSA) is 22.1 Å². The van der Waals surface area contributed by atoms with Gasteiger partial charge in [-0.25, -0.2) is 14.0 Å². The van der Waals surface area contributed by atoms with Crippen LogP contribution in [0.2, 0.25) is 0 Å². The standard InChI is InChI=1S/C11H25N4P/c1-13-9-5-4-8-12-16(13)14(2)10-6-7-11-15(16)3/h4-11H2,1-3H3. The van der Waals surface area contributed by atoms with Crippen molar-refractivity contribution in [3.63, 3.8) is 0 Å². The highest BCUT2D eigenvalue weighted by atomic mass is 31.2. The van der Waals surface area contributed by atoms with Crippen LogP contribution in [0.25, 0.3) is 0 Å². The van der Waals surface area contributed by atoms with E-state index in [4.69, 9.17) is 4.74 Å². The molecule has 0 amide bonds. The molecule has 4 nitrogen and oxygen atoms in total. The number of hydrogen-bond acceptors (Lipinski definition) is 4. The fourth-order valence-electron chi connectivity index (χ4n) is 2.85. The van der Waals surface area contributed by atoms with Crippen LogP contribution in [0.5, 0.6) is 0 Å². The Bertz CT molecular complexity index is 276. The van der Waals surface area contributed by atoms with E-state index in [2.05, 4.69) is 35.2 Å². The van der Waals surface area contributed by atoms with Crippen molar-refractivity contribution >= 4 is 7.51 Å². The lowest BCUT2D eigenvalue weighted by molar-refractivity contribution is 0.409. The molecular weight excluding hydrogens is 219 g/mol. The van der Waals surface area contributed by atoms with Gasteiger partial charge in [-0.2, -0.15) is 0 Å². The molecule has 0 aromatic heterocycles. The van der Waals surface area contributed by atoms with E-state index in [-0.39, 0.29) is 0 Å². The molecule has 2 heterocycles. The van der Waals surface area contributed by atoms with Gasteiger partial charge < -0.3 is 0 Å². The van der Waals surface area contributed by atoms with Crippen LogP contribution in [0.1, 0.15) is 25.7 Å². The van der Waals surface area contributed by atoms with Crippen LogP contribution in [0.15, 0.2) is 4.74 Å².